The van der Waals surface area contributed by atoms with Crippen LogP contribution in [0.25, 0.3) is 0 Å². The molecule has 0 unspecified atom stereocenters. The van der Waals surface area contributed by atoms with Crippen molar-refractivity contribution in [2.45, 2.75) is 6.92 Å². The van der Waals surface area contributed by atoms with Gasteiger partial charge in [-0.3, -0.25) is 14.6 Å². The van der Waals surface area contributed by atoms with Crippen LogP contribution in [-0.4, -0.2) is 58.6 Å². The number of pyridine rings is 1. The van der Waals surface area contributed by atoms with E-state index in [2.05, 4.69) is 25.2 Å². The highest BCUT2D eigenvalue weighted by atomic mass is 16.5. The number of rotatable bonds is 6. The number of ether oxygens (including phenoxy) is 1. The molecule has 1 N–H and O–H groups in total. The van der Waals surface area contributed by atoms with E-state index in [1.165, 1.54) is 0 Å². The van der Waals surface area contributed by atoms with E-state index in [9.17, 15) is 4.79 Å². The van der Waals surface area contributed by atoms with Gasteiger partial charge in [-0.1, -0.05) is 12.1 Å². The molecule has 0 spiro atoms. The molecular formula is C22H24N6O2. The number of aromatic nitrogens is 3. The molecule has 1 amide bonds. The Hall–Kier alpha value is -3.36. The number of benzene rings is 1. The maximum atomic E-state index is 12.5. The lowest BCUT2D eigenvalue weighted by Crippen LogP contribution is -2.41. The first-order chi connectivity index (χ1) is 14.7. The van der Waals surface area contributed by atoms with Gasteiger partial charge >= 0.3 is 0 Å². The standard InChI is InChI=1S/C22H24N6O2/c1-17-6-7-18(26-21(29)16-27-11-13-30-14-12-27)15-19(17)28(20-5-2-3-8-23-20)22-24-9-4-10-25-22/h2-10,15H,11-14,16H2,1H3,(H,26,29). The largest absolute Gasteiger partial charge is 0.379 e. The Kier molecular flexibility index (Phi) is 6.26. The molecule has 3 heterocycles. The van der Waals surface area contributed by atoms with Crippen LogP contribution in [0.4, 0.5) is 23.1 Å². The van der Waals surface area contributed by atoms with Crippen molar-refractivity contribution in [2.75, 3.05) is 43.1 Å². The fraction of sp³-hybridized carbons (Fsp3) is 0.273. The molecule has 30 heavy (non-hydrogen) atoms. The highest BCUT2D eigenvalue weighted by molar-refractivity contribution is 5.93. The average Bonchev–Trinajstić information content (AvgIpc) is 2.78. The molecule has 8 heteroatoms. The highest BCUT2D eigenvalue weighted by Crippen LogP contribution is 2.34. The van der Waals surface area contributed by atoms with Crippen LogP contribution < -0.4 is 10.2 Å². The zero-order valence-corrected chi connectivity index (χ0v) is 16.9. The molecule has 1 aromatic carbocycles. The summed E-state index contributed by atoms with van der Waals surface area (Å²) in [5.74, 6) is 1.16. The van der Waals surface area contributed by atoms with Crippen molar-refractivity contribution in [3.8, 4) is 0 Å². The number of hydrogen-bond donors (Lipinski definition) is 1. The van der Waals surface area contributed by atoms with Crippen molar-refractivity contribution in [3.63, 3.8) is 0 Å². The topological polar surface area (TPSA) is 83.5 Å². The van der Waals surface area contributed by atoms with Crippen LogP contribution in [0.2, 0.25) is 0 Å². The molecule has 2 aromatic heterocycles. The Morgan fingerprint density at radius 3 is 2.57 bits per heavy atom. The van der Waals surface area contributed by atoms with Gasteiger partial charge in [0, 0.05) is 37.4 Å². The number of nitrogens with one attached hydrogen (secondary N) is 1. The van der Waals surface area contributed by atoms with Gasteiger partial charge in [-0.05, 0) is 42.8 Å². The average molecular weight is 404 g/mol. The SMILES string of the molecule is Cc1ccc(NC(=O)CN2CCOCC2)cc1N(c1ccccn1)c1ncccn1. The van der Waals surface area contributed by atoms with Crippen molar-refractivity contribution in [1.29, 1.82) is 0 Å². The number of nitrogens with zero attached hydrogens (tertiary/aromatic N) is 5. The third-order valence-electron chi connectivity index (χ3n) is 4.84. The van der Waals surface area contributed by atoms with Crippen molar-refractivity contribution in [2.24, 2.45) is 0 Å². The van der Waals surface area contributed by atoms with Gasteiger partial charge in [0.25, 0.3) is 0 Å². The molecule has 1 saturated heterocycles. The van der Waals surface area contributed by atoms with Crippen molar-refractivity contribution in [3.05, 3.63) is 66.6 Å². The van der Waals surface area contributed by atoms with E-state index >= 15 is 0 Å². The predicted octanol–water partition coefficient (Wildman–Crippen LogP) is 2.92. The fourth-order valence-corrected chi connectivity index (χ4v) is 3.32. The molecule has 1 aliphatic rings. The van der Waals surface area contributed by atoms with Gasteiger partial charge in [0.2, 0.25) is 11.9 Å². The second kappa shape index (κ2) is 9.43. The van der Waals surface area contributed by atoms with E-state index in [1.54, 1.807) is 24.7 Å². The van der Waals surface area contributed by atoms with Crippen LogP contribution in [0, 0.1) is 6.92 Å². The number of carbonyl (C=O) groups is 1. The maximum Gasteiger partial charge on any atom is 0.238 e. The lowest BCUT2D eigenvalue weighted by molar-refractivity contribution is -0.118. The first-order valence-electron chi connectivity index (χ1n) is 9.89. The summed E-state index contributed by atoms with van der Waals surface area (Å²) in [6.45, 7) is 5.22. The summed E-state index contributed by atoms with van der Waals surface area (Å²) in [4.78, 5) is 29.8. The third-order valence-corrected chi connectivity index (χ3v) is 4.84. The Morgan fingerprint density at radius 2 is 1.83 bits per heavy atom. The molecule has 0 radical (unpaired) electrons. The van der Waals surface area contributed by atoms with Gasteiger partial charge in [-0.25, -0.2) is 15.0 Å². The van der Waals surface area contributed by atoms with Crippen LogP contribution in [0.1, 0.15) is 5.56 Å². The molecule has 8 nitrogen and oxygen atoms in total. The van der Waals surface area contributed by atoms with E-state index < -0.39 is 0 Å². The summed E-state index contributed by atoms with van der Waals surface area (Å²) in [7, 11) is 0. The maximum absolute atomic E-state index is 12.5. The summed E-state index contributed by atoms with van der Waals surface area (Å²) >= 11 is 0. The van der Waals surface area contributed by atoms with Crippen LogP contribution in [0.3, 0.4) is 0 Å². The summed E-state index contributed by atoms with van der Waals surface area (Å²) in [6.07, 6.45) is 5.12. The van der Waals surface area contributed by atoms with Gasteiger partial charge in [-0.15, -0.1) is 0 Å². The Labute approximate surface area is 175 Å². The summed E-state index contributed by atoms with van der Waals surface area (Å²) in [6, 6.07) is 13.3. The molecule has 0 aliphatic carbocycles. The zero-order chi connectivity index (χ0) is 20.8. The van der Waals surface area contributed by atoms with Gasteiger partial charge in [0.15, 0.2) is 0 Å². The van der Waals surface area contributed by atoms with Gasteiger partial charge in [0.1, 0.15) is 5.82 Å². The molecule has 154 valence electrons. The zero-order valence-electron chi connectivity index (χ0n) is 16.9. The molecule has 0 saturated carbocycles. The Bertz CT molecular complexity index is 938. The number of carbonyl (C=O) groups excluding carboxylic acids is 1. The monoisotopic (exact) mass is 404 g/mol. The van der Waals surface area contributed by atoms with Crippen LogP contribution in [0.15, 0.2) is 61.1 Å². The van der Waals surface area contributed by atoms with E-state index in [-0.39, 0.29) is 5.91 Å². The van der Waals surface area contributed by atoms with Gasteiger partial charge in [-0.2, -0.15) is 0 Å². The van der Waals surface area contributed by atoms with Crippen molar-refractivity contribution < 1.29 is 9.53 Å². The number of aryl methyl sites for hydroxylation is 1. The molecular weight excluding hydrogens is 380 g/mol. The molecule has 3 aromatic rings. The summed E-state index contributed by atoms with van der Waals surface area (Å²) in [5, 5.41) is 3.01. The normalized spacial score (nSPS) is 14.3. The highest BCUT2D eigenvalue weighted by Gasteiger charge is 2.19. The smallest absolute Gasteiger partial charge is 0.238 e. The molecule has 1 aliphatic heterocycles. The number of anilines is 4. The van der Waals surface area contributed by atoms with Crippen LogP contribution >= 0.6 is 0 Å². The number of amides is 1. The minimum Gasteiger partial charge on any atom is -0.379 e. The Morgan fingerprint density at radius 1 is 1.07 bits per heavy atom. The predicted molar refractivity (Wildman–Crippen MR) is 115 cm³/mol. The minimum atomic E-state index is -0.0490. The number of hydrogen-bond acceptors (Lipinski definition) is 7. The first-order valence-corrected chi connectivity index (χ1v) is 9.89. The second-order valence-electron chi connectivity index (χ2n) is 7.01. The quantitative estimate of drug-likeness (QED) is 0.676. The van der Waals surface area contributed by atoms with E-state index in [1.807, 2.05) is 48.2 Å². The van der Waals surface area contributed by atoms with E-state index in [4.69, 9.17) is 4.74 Å². The molecule has 1 fully saturated rings. The lowest BCUT2D eigenvalue weighted by Gasteiger charge is -2.26. The fourth-order valence-electron chi connectivity index (χ4n) is 3.32. The number of morpholine rings is 1. The van der Waals surface area contributed by atoms with Crippen molar-refractivity contribution in [1.82, 2.24) is 19.9 Å². The van der Waals surface area contributed by atoms with Gasteiger partial charge in [0.05, 0.1) is 25.4 Å². The van der Waals surface area contributed by atoms with Crippen LogP contribution in [0.5, 0.6) is 0 Å². The van der Waals surface area contributed by atoms with Crippen molar-refractivity contribution >= 4 is 29.0 Å². The second-order valence-corrected chi connectivity index (χ2v) is 7.01. The molecule has 4 rings (SSSR count). The Balaban J connectivity index is 1.61. The summed E-state index contributed by atoms with van der Waals surface area (Å²) < 4.78 is 5.34. The van der Waals surface area contributed by atoms with Crippen LogP contribution in [-0.2, 0) is 9.53 Å². The van der Waals surface area contributed by atoms with E-state index in [0.717, 1.165) is 24.3 Å². The van der Waals surface area contributed by atoms with E-state index in [0.29, 0.717) is 37.2 Å². The molecule has 0 bridgehead atoms. The first kappa shape index (κ1) is 19.9. The molecule has 0 atom stereocenters. The lowest BCUT2D eigenvalue weighted by atomic mass is 10.1. The third kappa shape index (κ3) is 4.79. The minimum absolute atomic E-state index is 0.0490. The van der Waals surface area contributed by atoms with Gasteiger partial charge < -0.3 is 10.1 Å². The summed E-state index contributed by atoms with van der Waals surface area (Å²) in [5.41, 5.74) is 2.58.